The van der Waals surface area contributed by atoms with Crippen LogP contribution in [0.15, 0.2) is 22.7 Å². The van der Waals surface area contributed by atoms with E-state index in [0.29, 0.717) is 23.7 Å². The van der Waals surface area contributed by atoms with E-state index < -0.39 is 9.84 Å². The SMILES string of the molecule is CCCN(C(=O)COc1ccc(Br)cc1Cl)C1CCS(=O)(=O)C1. The molecule has 1 aliphatic heterocycles. The van der Waals surface area contributed by atoms with Gasteiger partial charge >= 0.3 is 0 Å². The van der Waals surface area contributed by atoms with E-state index in [0.717, 1.165) is 10.9 Å². The van der Waals surface area contributed by atoms with E-state index in [9.17, 15) is 13.2 Å². The Hall–Kier alpha value is -0.790. The molecule has 128 valence electrons. The largest absolute Gasteiger partial charge is 0.482 e. The molecule has 1 unspecified atom stereocenters. The standard InChI is InChI=1S/C15H19BrClNO4S/c1-2-6-18(12-5-7-23(20,21)10-12)15(19)9-22-14-4-3-11(16)8-13(14)17/h3-4,8,12H,2,5-7,9-10H2,1H3. The Balaban J connectivity index is 2.01. The lowest BCUT2D eigenvalue weighted by Crippen LogP contribution is -2.44. The van der Waals surface area contributed by atoms with E-state index in [1.54, 1.807) is 23.1 Å². The summed E-state index contributed by atoms with van der Waals surface area (Å²) in [6.07, 6.45) is 1.26. The van der Waals surface area contributed by atoms with Gasteiger partial charge in [-0.15, -0.1) is 0 Å². The lowest BCUT2D eigenvalue weighted by molar-refractivity contribution is -0.135. The smallest absolute Gasteiger partial charge is 0.260 e. The molecule has 1 aliphatic rings. The van der Waals surface area contributed by atoms with Crippen LogP contribution < -0.4 is 4.74 Å². The van der Waals surface area contributed by atoms with Gasteiger partial charge in [-0.25, -0.2) is 8.42 Å². The molecule has 0 aromatic heterocycles. The zero-order valence-electron chi connectivity index (χ0n) is 12.8. The minimum absolute atomic E-state index is 0.0395. The van der Waals surface area contributed by atoms with Crippen molar-refractivity contribution in [3.8, 4) is 5.75 Å². The molecule has 1 amide bonds. The van der Waals surface area contributed by atoms with Crippen LogP contribution in [0.4, 0.5) is 0 Å². The highest BCUT2D eigenvalue weighted by atomic mass is 79.9. The number of sulfone groups is 1. The van der Waals surface area contributed by atoms with Crippen LogP contribution in [0.3, 0.4) is 0 Å². The van der Waals surface area contributed by atoms with Crippen LogP contribution in [0.5, 0.6) is 5.75 Å². The first-order valence-electron chi connectivity index (χ1n) is 7.40. The fourth-order valence-electron chi connectivity index (χ4n) is 2.59. The maximum Gasteiger partial charge on any atom is 0.260 e. The molecular weight excluding hydrogens is 406 g/mol. The highest BCUT2D eigenvalue weighted by molar-refractivity contribution is 9.10. The molecule has 0 saturated carbocycles. The van der Waals surface area contributed by atoms with Gasteiger partial charge < -0.3 is 9.64 Å². The summed E-state index contributed by atoms with van der Waals surface area (Å²) in [6, 6.07) is 4.90. The van der Waals surface area contributed by atoms with Gasteiger partial charge in [0, 0.05) is 17.1 Å². The van der Waals surface area contributed by atoms with Crippen molar-refractivity contribution in [1.29, 1.82) is 0 Å². The van der Waals surface area contributed by atoms with Gasteiger partial charge in [-0.1, -0.05) is 34.5 Å². The summed E-state index contributed by atoms with van der Waals surface area (Å²) in [7, 11) is -3.03. The summed E-state index contributed by atoms with van der Waals surface area (Å²) < 4.78 is 29.6. The van der Waals surface area contributed by atoms with E-state index in [4.69, 9.17) is 16.3 Å². The first-order chi connectivity index (χ1) is 10.8. The number of hydrogen-bond acceptors (Lipinski definition) is 4. The average Bonchev–Trinajstić information content (AvgIpc) is 2.83. The second kappa shape index (κ2) is 7.85. The van der Waals surface area contributed by atoms with Gasteiger partial charge in [0.1, 0.15) is 5.75 Å². The Morgan fingerprint density at radius 1 is 1.48 bits per heavy atom. The number of amides is 1. The van der Waals surface area contributed by atoms with Crippen molar-refractivity contribution in [2.75, 3.05) is 24.7 Å². The van der Waals surface area contributed by atoms with Crippen molar-refractivity contribution >= 4 is 43.3 Å². The minimum atomic E-state index is -3.03. The number of halogens is 2. The lowest BCUT2D eigenvalue weighted by Gasteiger charge is -2.28. The van der Waals surface area contributed by atoms with E-state index in [1.165, 1.54) is 0 Å². The Bertz CT molecular complexity index is 680. The monoisotopic (exact) mass is 423 g/mol. The van der Waals surface area contributed by atoms with Crippen molar-refractivity contribution in [1.82, 2.24) is 4.90 Å². The number of carbonyl (C=O) groups is 1. The minimum Gasteiger partial charge on any atom is -0.482 e. The molecule has 1 aromatic carbocycles. The number of rotatable bonds is 6. The highest BCUT2D eigenvalue weighted by Gasteiger charge is 2.34. The van der Waals surface area contributed by atoms with Gasteiger partial charge in [-0.3, -0.25) is 4.79 Å². The molecule has 1 aromatic rings. The third-order valence-electron chi connectivity index (χ3n) is 3.68. The van der Waals surface area contributed by atoms with Gasteiger partial charge in [0.25, 0.3) is 5.91 Å². The quantitative estimate of drug-likeness (QED) is 0.704. The molecule has 0 spiro atoms. The Morgan fingerprint density at radius 2 is 2.22 bits per heavy atom. The fraction of sp³-hybridized carbons (Fsp3) is 0.533. The van der Waals surface area contributed by atoms with Crippen molar-refractivity contribution in [3.63, 3.8) is 0 Å². The van der Waals surface area contributed by atoms with Gasteiger partial charge in [0.2, 0.25) is 0 Å². The van der Waals surface area contributed by atoms with Crippen LogP contribution >= 0.6 is 27.5 Å². The highest BCUT2D eigenvalue weighted by Crippen LogP contribution is 2.28. The Labute approximate surface area is 150 Å². The fourth-order valence-corrected chi connectivity index (χ4v) is 5.05. The first-order valence-corrected chi connectivity index (χ1v) is 10.4. The van der Waals surface area contributed by atoms with Gasteiger partial charge in [-0.2, -0.15) is 0 Å². The normalized spacial score (nSPS) is 19.5. The molecule has 0 bridgehead atoms. The van der Waals surface area contributed by atoms with Crippen LogP contribution in [0.2, 0.25) is 5.02 Å². The molecule has 0 radical (unpaired) electrons. The van der Waals surface area contributed by atoms with E-state index >= 15 is 0 Å². The van der Waals surface area contributed by atoms with Crippen LogP contribution in [-0.2, 0) is 14.6 Å². The molecule has 5 nitrogen and oxygen atoms in total. The van der Waals surface area contributed by atoms with E-state index in [-0.39, 0.29) is 30.1 Å². The summed E-state index contributed by atoms with van der Waals surface area (Å²) in [5, 5.41) is 0.415. The average molecular weight is 425 g/mol. The second-order valence-electron chi connectivity index (χ2n) is 5.51. The predicted octanol–water partition coefficient (Wildman–Crippen LogP) is 2.91. The molecule has 1 fully saturated rings. The maximum absolute atomic E-state index is 12.4. The second-order valence-corrected chi connectivity index (χ2v) is 9.06. The van der Waals surface area contributed by atoms with E-state index in [2.05, 4.69) is 15.9 Å². The number of ether oxygens (including phenoxy) is 1. The summed E-state index contributed by atoms with van der Waals surface area (Å²) in [6.45, 7) is 2.32. The summed E-state index contributed by atoms with van der Waals surface area (Å²) in [5.41, 5.74) is 0. The molecule has 0 N–H and O–H groups in total. The summed E-state index contributed by atoms with van der Waals surface area (Å²) in [5.74, 6) is 0.397. The summed E-state index contributed by atoms with van der Waals surface area (Å²) >= 11 is 9.36. The molecular formula is C15H19BrClNO4S. The number of nitrogens with zero attached hydrogens (tertiary/aromatic N) is 1. The van der Waals surface area contributed by atoms with Gasteiger partial charge in [-0.05, 0) is 31.0 Å². The van der Waals surface area contributed by atoms with Crippen LogP contribution in [0.1, 0.15) is 19.8 Å². The Kier molecular flexibility index (Phi) is 6.33. The molecule has 2 rings (SSSR count). The Morgan fingerprint density at radius 3 is 2.78 bits per heavy atom. The van der Waals surface area contributed by atoms with Gasteiger partial charge in [0.15, 0.2) is 16.4 Å². The van der Waals surface area contributed by atoms with Crippen molar-refractivity contribution in [3.05, 3.63) is 27.7 Å². The molecule has 1 saturated heterocycles. The molecule has 23 heavy (non-hydrogen) atoms. The predicted molar refractivity (Wildman–Crippen MR) is 93.7 cm³/mol. The van der Waals surface area contributed by atoms with Gasteiger partial charge in [0.05, 0.1) is 16.5 Å². The number of hydrogen-bond donors (Lipinski definition) is 0. The molecule has 1 heterocycles. The topological polar surface area (TPSA) is 63.7 Å². The zero-order valence-corrected chi connectivity index (χ0v) is 16.0. The number of carbonyl (C=O) groups excluding carboxylic acids is 1. The van der Waals surface area contributed by atoms with Crippen molar-refractivity contribution in [2.45, 2.75) is 25.8 Å². The maximum atomic E-state index is 12.4. The third kappa shape index (κ3) is 5.09. The molecule has 1 atom stereocenters. The molecule has 0 aliphatic carbocycles. The zero-order chi connectivity index (χ0) is 17.0. The molecule has 8 heteroatoms. The van der Waals surface area contributed by atoms with Crippen molar-refractivity contribution in [2.24, 2.45) is 0 Å². The third-order valence-corrected chi connectivity index (χ3v) is 6.22. The van der Waals surface area contributed by atoms with Crippen LogP contribution in [-0.4, -0.2) is 49.9 Å². The van der Waals surface area contributed by atoms with Crippen LogP contribution in [0.25, 0.3) is 0 Å². The summed E-state index contributed by atoms with van der Waals surface area (Å²) in [4.78, 5) is 14.1. The number of benzene rings is 1. The van der Waals surface area contributed by atoms with E-state index in [1.807, 2.05) is 6.92 Å². The van der Waals surface area contributed by atoms with Crippen molar-refractivity contribution < 1.29 is 17.9 Å². The van der Waals surface area contributed by atoms with Crippen LogP contribution in [0, 0.1) is 0 Å². The lowest BCUT2D eigenvalue weighted by atomic mass is 10.2. The first kappa shape index (κ1) is 18.5.